The third-order valence-electron chi connectivity index (χ3n) is 2.41. The fourth-order valence-electron chi connectivity index (χ4n) is 1.56. The third kappa shape index (κ3) is 3.61. The number of nitrogens with one attached hydrogen (secondary N) is 1. The number of benzene rings is 1. The number of hydrogen-bond donors (Lipinski definition) is 2. The van der Waals surface area contributed by atoms with Crippen LogP contribution in [0, 0.1) is 18.8 Å². The monoisotopic (exact) mass is 307 g/mol. The molecule has 6 heteroatoms. The predicted octanol–water partition coefficient (Wildman–Crippen LogP) is 2.20. The number of rotatable bonds is 3. The second-order valence-corrected chi connectivity index (χ2v) is 7.21. The lowest BCUT2D eigenvalue weighted by atomic mass is 10.2. The Morgan fingerprint density at radius 1 is 1.30 bits per heavy atom. The molecular weight excluding hydrogens is 294 g/mol. The van der Waals surface area contributed by atoms with E-state index in [4.69, 9.17) is 5.11 Å². The number of aliphatic hydroxyl groups excluding tert-OH is 1. The van der Waals surface area contributed by atoms with Crippen LogP contribution in [0.15, 0.2) is 40.6 Å². The van der Waals surface area contributed by atoms with Crippen LogP contribution >= 0.6 is 11.3 Å². The quantitative estimate of drug-likeness (QED) is 0.854. The second-order valence-electron chi connectivity index (χ2n) is 4.01. The molecule has 2 aromatic rings. The molecule has 104 valence electrons. The van der Waals surface area contributed by atoms with Crippen LogP contribution in [0.2, 0.25) is 0 Å². The van der Waals surface area contributed by atoms with Crippen molar-refractivity contribution in [2.75, 3.05) is 11.3 Å². The van der Waals surface area contributed by atoms with E-state index in [9.17, 15) is 8.42 Å². The van der Waals surface area contributed by atoms with Gasteiger partial charge in [0.25, 0.3) is 10.0 Å². The Morgan fingerprint density at radius 3 is 2.75 bits per heavy atom. The molecule has 4 nitrogen and oxygen atoms in total. The van der Waals surface area contributed by atoms with Crippen LogP contribution in [0.4, 0.5) is 5.69 Å². The van der Waals surface area contributed by atoms with Gasteiger partial charge >= 0.3 is 0 Å². The fraction of sp³-hybridized carbons (Fsp3) is 0.143. The van der Waals surface area contributed by atoms with E-state index in [1.807, 2.05) is 6.92 Å². The van der Waals surface area contributed by atoms with Crippen LogP contribution in [0.5, 0.6) is 0 Å². The molecule has 0 fully saturated rings. The molecule has 0 aliphatic heterocycles. The Hall–Kier alpha value is -1.81. The number of sulfonamides is 1. The molecule has 0 aliphatic carbocycles. The largest absolute Gasteiger partial charge is 0.384 e. The van der Waals surface area contributed by atoms with Gasteiger partial charge < -0.3 is 5.11 Å². The van der Waals surface area contributed by atoms with Crippen molar-refractivity contribution in [1.29, 1.82) is 0 Å². The van der Waals surface area contributed by atoms with Crippen molar-refractivity contribution in [2.45, 2.75) is 11.1 Å². The van der Waals surface area contributed by atoms with Gasteiger partial charge in [-0.15, -0.1) is 11.3 Å². The van der Waals surface area contributed by atoms with Gasteiger partial charge in [-0.1, -0.05) is 17.9 Å². The topological polar surface area (TPSA) is 66.4 Å². The molecule has 1 aromatic heterocycles. The average molecular weight is 307 g/mol. The highest BCUT2D eigenvalue weighted by Crippen LogP contribution is 2.23. The van der Waals surface area contributed by atoms with E-state index in [-0.39, 0.29) is 10.8 Å². The van der Waals surface area contributed by atoms with Gasteiger partial charge in [-0.25, -0.2) is 8.42 Å². The Morgan fingerprint density at radius 2 is 2.10 bits per heavy atom. The van der Waals surface area contributed by atoms with E-state index >= 15 is 0 Å². The highest BCUT2D eigenvalue weighted by Gasteiger charge is 2.16. The number of hydrogen-bond acceptors (Lipinski definition) is 4. The second kappa shape index (κ2) is 6.09. The summed E-state index contributed by atoms with van der Waals surface area (Å²) in [6.07, 6.45) is 0. The maximum Gasteiger partial charge on any atom is 0.271 e. The highest BCUT2D eigenvalue weighted by atomic mass is 32.2. The fourth-order valence-corrected chi connectivity index (χ4v) is 3.90. The van der Waals surface area contributed by atoms with Crippen LogP contribution in [-0.2, 0) is 10.0 Å². The lowest BCUT2D eigenvalue weighted by molar-refractivity contribution is 0.350. The summed E-state index contributed by atoms with van der Waals surface area (Å²) >= 11 is 1.22. The van der Waals surface area contributed by atoms with Gasteiger partial charge in [0, 0.05) is 10.4 Å². The van der Waals surface area contributed by atoms with Gasteiger partial charge in [0.15, 0.2) is 0 Å². The minimum absolute atomic E-state index is 0.232. The minimum atomic E-state index is -3.56. The first-order chi connectivity index (χ1) is 9.51. The van der Waals surface area contributed by atoms with E-state index in [0.717, 1.165) is 4.88 Å². The maximum atomic E-state index is 12.2. The summed E-state index contributed by atoms with van der Waals surface area (Å²) in [5.74, 6) is 5.25. The normalized spacial score (nSPS) is 10.7. The molecule has 0 saturated heterocycles. The zero-order valence-electron chi connectivity index (χ0n) is 10.8. The molecule has 20 heavy (non-hydrogen) atoms. The first-order valence-corrected chi connectivity index (χ1v) is 8.10. The van der Waals surface area contributed by atoms with E-state index < -0.39 is 10.0 Å². The summed E-state index contributed by atoms with van der Waals surface area (Å²) < 4.78 is 27.1. The van der Waals surface area contributed by atoms with Crippen LogP contribution in [0.25, 0.3) is 0 Å². The summed E-state index contributed by atoms with van der Waals surface area (Å²) in [5.41, 5.74) is 1.09. The average Bonchev–Trinajstić information content (AvgIpc) is 2.84. The molecule has 2 rings (SSSR count). The molecule has 0 unspecified atom stereocenters. The summed E-state index contributed by atoms with van der Waals surface area (Å²) in [4.78, 5) is 0.938. The van der Waals surface area contributed by atoms with E-state index in [0.29, 0.717) is 11.3 Å². The highest BCUT2D eigenvalue weighted by molar-refractivity contribution is 7.94. The number of aliphatic hydroxyl groups is 1. The summed E-state index contributed by atoms with van der Waals surface area (Å²) in [6.45, 7) is 1.62. The van der Waals surface area contributed by atoms with Crippen molar-refractivity contribution in [3.63, 3.8) is 0 Å². The first-order valence-electron chi connectivity index (χ1n) is 5.80. The molecule has 0 atom stereocenters. The van der Waals surface area contributed by atoms with E-state index in [2.05, 4.69) is 16.6 Å². The molecule has 0 saturated carbocycles. The molecular formula is C14H13NO3S2. The number of aryl methyl sites for hydroxylation is 1. The van der Waals surface area contributed by atoms with Crippen molar-refractivity contribution < 1.29 is 13.5 Å². The Balaban J connectivity index is 2.25. The molecule has 0 spiro atoms. The minimum Gasteiger partial charge on any atom is -0.384 e. The van der Waals surface area contributed by atoms with Gasteiger partial charge in [0.05, 0.1) is 5.69 Å². The molecule has 0 bridgehead atoms. The summed E-state index contributed by atoms with van der Waals surface area (Å²) in [5, 5.41) is 8.65. The summed E-state index contributed by atoms with van der Waals surface area (Å²) in [7, 11) is -3.56. The molecule has 0 radical (unpaired) electrons. The molecule has 1 heterocycles. The predicted molar refractivity (Wildman–Crippen MR) is 80.3 cm³/mol. The smallest absolute Gasteiger partial charge is 0.271 e. The molecule has 0 amide bonds. The molecule has 1 aromatic carbocycles. The Bertz CT molecular complexity index is 767. The van der Waals surface area contributed by atoms with Crippen molar-refractivity contribution in [3.8, 4) is 11.8 Å². The van der Waals surface area contributed by atoms with Gasteiger partial charge in [-0.3, -0.25) is 4.72 Å². The van der Waals surface area contributed by atoms with Crippen LogP contribution in [0.3, 0.4) is 0 Å². The van der Waals surface area contributed by atoms with E-state index in [1.54, 1.807) is 36.4 Å². The zero-order valence-corrected chi connectivity index (χ0v) is 12.4. The standard InChI is InChI=1S/C14H13NO3S2/c1-11-7-8-14(19-11)20(17,18)15-13-6-2-4-12(10-13)5-3-9-16/h2,4,6-8,10,15-16H,9H2,1H3. The van der Waals surface area contributed by atoms with Crippen molar-refractivity contribution >= 4 is 27.0 Å². The Kier molecular flexibility index (Phi) is 4.45. The lowest BCUT2D eigenvalue weighted by Gasteiger charge is -2.06. The third-order valence-corrected chi connectivity index (χ3v) is 5.28. The van der Waals surface area contributed by atoms with Crippen molar-refractivity contribution in [2.24, 2.45) is 0 Å². The lowest BCUT2D eigenvalue weighted by Crippen LogP contribution is -2.11. The van der Waals surface area contributed by atoms with Crippen LogP contribution < -0.4 is 4.72 Å². The van der Waals surface area contributed by atoms with Gasteiger partial charge in [0.2, 0.25) is 0 Å². The number of anilines is 1. The molecule has 0 aliphatic rings. The van der Waals surface area contributed by atoms with Crippen LogP contribution in [0.1, 0.15) is 10.4 Å². The SMILES string of the molecule is Cc1ccc(S(=O)(=O)Nc2cccc(C#CCO)c2)s1. The number of thiophene rings is 1. The van der Waals surface area contributed by atoms with Crippen molar-refractivity contribution in [3.05, 3.63) is 46.8 Å². The zero-order chi connectivity index (χ0) is 14.6. The maximum absolute atomic E-state index is 12.2. The first kappa shape index (κ1) is 14.6. The van der Waals surface area contributed by atoms with Crippen LogP contribution in [-0.4, -0.2) is 20.1 Å². The molecule has 2 N–H and O–H groups in total. The van der Waals surface area contributed by atoms with Gasteiger partial charge in [-0.05, 0) is 37.3 Å². The Labute approximate surface area is 122 Å². The van der Waals surface area contributed by atoms with Crippen molar-refractivity contribution in [1.82, 2.24) is 0 Å². The van der Waals surface area contributed by atoms with E-state index in [1.165, 1.54) is 11.3 Å². The van der Waals surface area contributed by atoms with Gasteiger partial charge in [-0.2, -0.15) is 0 Å². The van der Waals surface area contributed by atoms with Gasteiger partial charge in [0.1, 0.15) is 10.8 Å². The summed E-state index contributed by atoms with van der Waals surface area (Å²) in [6, 6.07) is 10.1.